The Bertz CT molecular complexity index is 971. The number of carbonyl (C=O) groups excluding carboxylic acids is 2. The third-order valence-electron chi connectivity index (χ3n) is 4.88. The Kier molecular flexibility index (Phi) is 6.91. The fraction of sp³-hybridized carbons (Fsp3) is 0.167. The van der Waals surface area contributed by atoms with Crippen LogP contribution in [0.3, 0.4) is 0 Å². The van der Waals surface area contributed by atoms with Crippen molar-refractivity contribution in [1.82, 2.24) is 10.6 Å². The molecule has 0 aromatic heterocycles. The number of benzene rings is 3. The van der Waals surface area contributed by atoms with E-state index in [2.05, 4.69) is 10.6 Å². The summed E-state index contributed by atoms with van der Waals surface area (Å²) < 4.78 is 27.0. The summed E-state index contributed by atoms with van der Waals surface area (Å²) in [7, 11) is 1.41. The van der Waals surface area contributed by atoms with E-state index in [4.69, 9.17) is 0 Å². The summed E-state index contributed by atoms with van der Waals surface area (Å²) in [5.41, 5.74) is 2.09. The number of likely N-dealkylation sites (N-methyl/N-ethyl adjacent to an activating group) is 1. The number of carbonyl (C=O) groups is 2. The van der Waals surface area contributed by atoms with Crippen LogP contribution in [0.1, 0.15) is 35.1 Å². The minimum Gasteiger partial charge on any atom is -0.357 e. The molecule has 4 nitrogen and oxygen atoms in total. The van der Waals surface area contributed by atoms with Crippen molar-refractivity contribution < 1.29 is 18.4 Å². The maximum absolute atomic E-state index is 13.7. The lowest BCUT2D eigenvalue weighted by Gasteiger charge is -2.21. The van der Waals surface area contributed by atoms with E-state index in [1.54, 1.807) is 0 Å². The fourth-order valence-corrected chi connectivity index (χ4v) is 3.34. The molecule has 0 bridgehead atoms. The summed E-state index contributed by atoms with van der Waals surface area (Å²) in [6.45, 7) is 0. The number of amides is 2. The normalized spacial score (nSPS) is 11.7. The summed E-state index contributed by atoms with van der Waals surface area (Å²) in [6, 6.07) is 21.2. The maximum Gasteiger partial charge on any atom is 0.246 e. The smallest absolute Gasteiger partial charge is 0.246 e. The van der Waals surface area contributed by atoms with Crippen LogP contribution in [0.5, 0.6) is 0 Å². The first-order valence-electron chi connectivity index (χ1n) is 9.55. The van der Waals surface area contributed by atoms with Gasteiger partial charge in [-0.05, 0) is 28.8 Å². The fourth-order valence-electron chi connectivity index (χ4n) is 3.34. The van der Waals surface area contributed by atoms with Gasteiger partial charge in [0.2, 0.25) is 11.8 Å². The second-order valence-electron chi connectivity index (χ2n) is 6.87. The van der Waals surface area contributed by atoms with E-state index in [1.165, 1.54) is 13.1 Å². The SMILES string of the molecule is CNC(=O)C(NC(=O)CC(c1ccccc1)c1ccccc1)c1ccc(F)c(F)c1. The van der Waals surface area contributed by atoms with Crippen LogP contribution in [-0.4, -0.2) is 18.9 Å². The molecule has 0 aliphatic rings. The molecule has 0 fully saturated rings. The lowest BCUT2D eigenvalue weighted by molar-refractivity contribution is -0.129. The lowest BCUT2D eigenvalue weighted by atomic mass is 9.88. The van der Waals surface area contributed by atoms with Crippen LogP contribution in [0.4, 0.5) is 8.78 Å². The van der Waals surface area contributed by atoms with Crippen LogP contribution in [0.15, 0.2) is 78.9 Å². The van der Waals surface area contributed by atoms with Crippen molar-refractivity contribution in [3.05, 3.63) is 107 Å². The largest absolute Gasteiger partial charge is 0.357 e. The highest BCUT2D eigenvalue weighted by molar-refractivity contribution is 5.88. The molecule has 0 saturated heterocycles. The highest BCUT2D eigenvalue weighted by atomic mass is 19.2. The molecule has 0 spiro atoms. The highest BCUT2D eigenvalue weighted by Gasteiger charge is 2.25. The van der Waals surface area contributed by atoms with Crippen LogP contribution >= 0.6 is 0 Å². The molecule has 0 aliphatic carbocycles. The molecule has 0 heterocycles. The molecule has 1 unspecified atom stereocenters. The van der Waals surface area contributed by atoms with Gasteiger partial charge in [-0.25, -0.2) is 8.78 Å². The van der Waals surface area contributed by atoms with Crippen molar-refractivity contribution in [3.63, 3.8) is 0 Å². The van der Waals surface area contributed by atoms with Crippen molar-refractivity contribution >= 4 is 11.8 Å². The van der Waals surface area contributed by atoms with E-state index in [9.17, 15) is 18.4 Å². The van der Waals surface area contributed by atoms with E-state index < -0.39 is 23.6 Å². The van der Waals surface area contributed by atoms with Gasteiger partial charge in [-0.1, -0.05) is 66.7 Å². The average Bonchev–Trinajstić information content (AvgIpc) is 2.78. The lowest BCUT2D eigenvalue weighted by Crippen LogP contribution is -2.39. The predicted molar refractivity (Wildman–Crippen MR) is 111 cm³/mol. The third kappa shape index (κ3) is 5.08. The van der Waals surface area contributed by atoms with Gasteiger partial charge in [0.15, 0.2) is 11.6 Å². The van der Waals surface area contributed by atoms with Gasteiger partial charge in [0.1, 0.15) is 6.04 Å². The van der Waals surface area contributed by atoms with Gasteiger partial charge < -0.3 is 10.6 Å². The zero-order valence-corrected chi connectivity index (χ0v) is 16.4. The Balaban J connectivity index is 1.85. The summed E-state index contributed by atoms with van der Waals surface area (Å²) in [6.07, 6.45) is 0.0885. The number of rotatable bonds is 7. The zero-order chi connectivity index (χ0) is 21.5. The van der Waals surface area contributed by atoms with Crippen LogP contribution < -0.4 is 10.6 Å². The minimum atomic E-state index is -1.13. The predicted octanol–water partition coefficient (Wildman–Crippen LogP) is 4.09. The molecule has 0 radical (unpaired) electrons. The van der Waals surface area contributed by atoms with Gasteiger partial charge >= 0.3 is 0 Å². The van der Waals surface area contributed by atoms with Crippen molar-refractivity contribution in [2.24, 2.45) is 0 Å². The molecule has 30 heavy (non-hydrogen) atoms. The molecule has 6 heteroatoms. The van der Waals surface area contributed by atoms with Crippen molar-refractivity contribution in [2.75, 3.05) is 7.05 Å². The summed E-state index contributed by atoms with van der Waals surface area (Å²) >= 11 is 0. The first kappa shape index (κ1) is 21.2. The standard InChI is InChI=1S/C24H22F2N2O2/c1-27-24(30)23(18-12-13-20(25)21(26)14-18)28-22(29)15-19(16-8-4-2-5-9-16)17-10-6-3-7-11-17/h2-14,19,23H,15H2,1H3,(H,27,30)(H,28,29). The molecule has 2 N–H and O–H groups in total. The molecule has 2 amide bonds. The minimum absolute atomic E-state index is 0.0885. The van der Waals surface area contributed by atoms with Crippen molar-refractivity contribution in [3.8, 4) is 0 Å². The molecule has 0 saturated carbocycles. The van der Waals surface area contributed by atoms with Crippen molar-refractivity contribution in [2.45, 2.75) is 18.4 Å². The van der Waals surface area contributed by atoms with E-state index in [-0.39, 0.29) is 23.8 Å². The van der Waals surface area contributed by atoms with Crippen LogP contribution in [0.25, 0.3) is 0 Å². The molecule has 0 aliphatic heterocycles. The second-order valence-corrected chi connectivity index (χ2v) is 6.87. The van der Waals surface area contributed by atoms with Gasteiger partial charge in [-0.3, -0.25) is 9.59 Å². The molecule has 1 atom stereocenters. The third-order valence-corrected chi connectivity index (χ3v) is 4.88. The summed E-state index contributed by atoms with van der Waals surface area (Å²) in [4.78, 5) is 25.2. The molecule has 154 valence electrons. The first-order chi connectivity index (χ1) is 14.5. The number of hydrogen-bond acceptors (Lipinski definition) is 2. The zero-order valence-electron chi connectivity index (χ0n) is 16.4. The number of hydrogen-bond donors (Lipinski definition) is 2. The van der Waals surface area contributed by atoms with E-state index in [0.717, 1.165) is 23.3 Å². The second kappa shape index (κ2) is 9.78. The van der Waals surface area contributed by atoms with Crippen molar-refractivity contribution in [1.29, 1.82) is 0 Å². The number of halogens is 2. The molecular formula is C24H22F2N2O2. The summed E-state index contributed by atoms with van der Waals surface area (Å²) in [5.74, 6) is -3.23. The van der Waals surface area contributed by atoms with E-state index in [0.29, 0.717) is 0 Å². The van der Waals surface area contributed by atoms with Gasteiger partial charge in [-0.15, -0.1) is 0 Å². The topological polar surface area (TPSA) is 58.2 Å². The maximum atomic E-state index is 13.7. The van der Waals surface area contributed by atoms with Gasteiger partial charge in [-0.2, -0.15) is 0 Å². The Morgan fingerprint density at radius 2 is 1.37 bits per heavy atom. The van der Waals surface area contributed by atoms with Gasteiger partial charge in [0.25, 0.3) is 0 Å². The van der Waals surface area contributed by atoms with Gasteiger partial charge in [0, 0.05) is 19.4 Å². The number of nitrogens with one attached hydrogen (secondary N) is 2. The quantitative estimate of drug-likeness (QED) is 0.619. The monoisotopic (exact) mass is 408 g/mol. The van der Waals surface area contributed by atoms with E-state index >= 15 is 0 Å². The van der Waals surface area contributed by atoms with E-state index in [1.807, 2.05) is 60.7 Å². The summed E-state index contributed by atoms with van der Waals surface area (Å²) in [5, 5.41) is 5.11. The Morgan fingerprint density at radius 3 is 1.87 bits per heavy atom. The molecule has 3 rings (SSSR count). The Morgan fingerprint density at radius 1 is 0.800 bits per heavy atom. The van der Waals surface area contributed by atoms with Crippen LogP contribution in [0.2, 0.25) is 0 Å². The molecule has 3 aromatic rings. The highest BCUT2D eigenvalue weighted by Crippen LogP contribution is 2.28. The average molecular weight is 408 g/mol. The molecule has 3 aromatic carbocycles. The first-order valence-corrected chi connectivity index (χ1v) is 9.55. The van der Waals surface area contributed by atoms with Gasteiger partial charge in [0.05, 0.1) is 0 Å². The Hall–Kier alpha value is -3.54. The molecular weight excluding hydrogens is 386 g/mol. The van der Waals surface area contributed by atoms with Crippen LogP contribution in [-0.2, 0) is 9.59 Å². The van der Waals surface area contributed by atoms with Crippen LogP contribution in [0, 0.1) is 11.6 Å². The Labute approximate surface area is 173 Å².